The Morgan fingerprint density at radius 1 is 1.11 bits per heavy atom. The van der Waals surface area contributed by atoms with Crippen molar-refractivity contribution >= 4 is 34.0 Å². The van der Waals surface area contributed by atoms with Gasteiger partial charge in [-0.15, -0.1) is 11.3 Å². The van der Waals surface area contributed by atoms with Gasteiger partial charge < -0.3 is 15.0 Å². The maximum Gasteiger partial charge on any atom is 0.231 e. The van der Waals surface area contributed by atoms with Crippen molar-refractivity contribution in [2.45, 2.75) is 57.9 Å². The minimum absolute atomic E-state index is 0.000965. The lowest BCUT2D eigenvalue weighted by Gasteiger charge is -2.20. The molecule has 0 bridgehead atoms. The number of ether oxygens (including phenoxy) is 1. The number of nitrogens with one attached hydrogen (secondary N) is 1. The third-order valence-corrected chi connectivity index (χ3v) is 8.49. The standard InChI is InChI=1S/C27H36N4O3S/c32-25-16-22(26(33)29-27-28-17-24(35-27)11-8-20-4-1-2-5-20)19-31(25)23-9-6-21(7-10-23)18-30-12-3-14-34-15-13-30/h6-7,9-10,17,20,22H,1-5,8,11-16,18-19H2,(H,28,29,33). The van der Waals surface area contributed by atoms with E-state index in [1.165, 1.54) is 42.5 Å². The second kappa shape index (κ2) is 11.6. The van der Waals surface area contributed by atoms with Gasteiger partial charge >= 0.3 is 0 Å². The van der Waals surface area contributed by atoms with E-state index >= 15 is 0 Å². The molecule has 0 spiro atoms. The highest BCUT2D eigenvalue weighted by Gasteiger charge is 2.35. The van der Waals surface area contributed by atoms with Crippen LogP contribution in [0.15, 0.2) is 30.5 Å². The Morgan fingerprint density at radius 2 is 1.94 bits per heavy atom. The molecule has 3 aliphatic rings. The van der Waals surface area contributed by atoms with Gasteiger partial charge in [0.2, 0.25) is 11.8 Å². The molecule has 3 heterocycles. The van der Waals surface area contributed by atoms with Crippen LogP contribution in [0.2, 0.25) is 0 Å². The zero-order valence-corrected chi connectivity index (χ0v) is 21.2. The van der Waals surface area contributed by atoms with Gasteiger partial charge in [-0.3, -0.25) is 14.5 Å². The van der Waals surface area contributed by atoms with Crippen LogP contribution in [0, 0.1) is 11.8 Å². The Kier molecular flexibility index (Phi) is 8.11. The number of carbonyl (C=O) groups is 2. The van der Waals surface area contributed by atoms with Crippen LogP contribution in [-0.4, -0.2) is 54.5 Å². The van der Waals surface area contributed by atoms with Gasteiger partial charge in [-0.1, -0.05) is 37.8 Å². The summed E-state index contributed by atoms with van der Waals surface area (Å²) in [4.78, 5) is 35.4. The van der Waals surface area contributed by atoms with Gasteiger partial charge in [0.05, 0.1) is 12.5 Å². The van der Waals surface area contributed by atoms with Crippen molar-refractivity contribution in [1.29, 1.82) is 0 Å². The number of carbonyl (C=O) groups excluding carboxylic acids is 2. The molecular formula is C27H36N4O3S. The van der Waals surface area contributed by atoms with Crippen molar-refractivity contribution in [1.82, 2.24) is 9.88 Å². The van der Waals surface area contributed by atoms with E-state index in [-0.39, 0.29) is 24.2 Å². The van der Waals surface area contributed by atoms with E-state index in [0.717, 1.165) is 57.3 Å². The summed E-state index contributed by atoms with van der Waals surface area (Å²) in [7, 11) is 0. The highest BCUT2D eigenvalue weighted by molar-refractivity contribution is 7.15. The lowest BCUT2D eigenvalue weighted by molar-refractivity contribution is -0.122. The molecule has 2 saturated heterocycles. The molecule has 188 valence electrons. The molecule has 2 aliphatic heterocycles. The predicted octanol–water partition coefficient (Wildman–Crippen LogP) is 4.48. The lowest BCUT2D eigenvalue weighted by Crippen LogP contribution is -2.28. The van der Waals surface area contributed by atoms with Crippen LogP contribution < -0.4 is 10.2 Å². The van der Waals surface area contributed by atoms with E-state index in [2.05, 4.69) is 27.3 Å². The summed E-state index contributed by atoms with van der Waals surface area (Å²) in [6.07, 6.45) is 10.9. The minimum atomic E-state index is -0.356. The summed E-state index contributed by atoms with van der Waals surface area (Å²) in [6.45, 7) is 4.92. The van der Waals surface area contributed by atoms with Crippen LogP contribution in [0.5, 0.6) is 0 Å². The fourth-order valence-electron chi connectivity index (χ4n) is 5.46. The van der Waals surface area contributed by atoms with Crippen molar-refractivity contribution in [2.75, 3.05) is 43.1 Å². The largest absolute Gasteiger partial charge is 0.380 e. The van der Waals surface area contributed by atoms with Crippen LogP contribution >= 0.6 is 11.3 Å². The first-order chi connectivity index (χ1) is 17.1. The van der Waals surface area contributed by atoms with Gasteiger partial charge in [-0.25, -0.2) is 4.98 Å². The van der Waals surface area contributed by atoms with Crippen molar-refractivity contribution in [3.8, 4) is 0 Å². The molecule has 5 rings (SSSR count). The van der Waals surface area contributed by atoms with Crippen LogP contribution in [0.1, 0.15) is 55.4 Å². The molecule has 0 radical (unpaired) electrons. The molecule has 35 heavy (non-hydrogen) atoms. The number of hydrogen-bond acceptors (Lipinski definition) is 6. The molecule has 1 N–H and O–H groups in total. The number of nitrogens with zero attached hydrogens (tertiary/aromatic N) is 3. The molecule has 1 aromatic heterocycles. The highest BCUT2D eigenvalue weighted by atomic mass is 32.1. The van der Waals surface area contributed by atoms with Crippen molar-refractivity contribution < 1.29 is 14.3 Å². The quantitative estimate of drug-likeness (QED) is 0.583. The zero-order chi connectivity index (χ0) is 24.0. The van der Waals surface area contributed by atoms with Gasteiger partial charge in [-0.05, 0) is 42.9 Å². The Labute approximate surface area is 211 Å². The van der Waals surface area contributed by atoms with Crippen molar-refractivity contribution in [2.24, 2.45) is 11.8 Å². The average molecular weight is 497 g/mol. The van der Waals surface area contributed by atoms with Gasteiger partial charge in [0, 0.05) is 56.0 Å². The van der Waals surface area contributed by atoms with Crippen molar-refractivity contribution in [3.63, 3.8) is 0 Å². The fraction of sp³-hybridized carbons (Fsp3) is 0.593. The molecule has 1 unspecified atom stereocenters. The number of aryl methyl sites for hydroxylation is 1. The normalized spacial score (nSPS) is 22.0. The smallest absolute Gasteiger partial charge is 0.231 e. The summed E-state index contributed by atoms with van der Waals surface area (Å²) in [5.41, 5.74) is 2.08. The third-order valence-electron chi connectivity index (χ3n) is 7.52. The highest BCUT2D eigenvalue weighted by Crippen LogP contribution is 2.31. The Morgan fingerprint density at radius 3 is 2.77 bits per heavy atom. The zero-order valence-electron chi connectivity index (χ0n) is 20.4. The molecule has 3 fully saturated rings. The van der Waals surface area contributed by atoms with Gasteiger partial charge in [0.25, 0.3) is 0 Å². The van der Waals surface area contributed by atoms with E-state index < -0.39 is 0 Å². The molecule has 7 nitrogen and oxygen atoms in total. The van der Waals surface area contributed by atoms with Crippen molar-refractivity contribution in [3.05, 3.63) is 40.9 Å². The van der Waals surface area contributed by atoms with E-state index in [9.17, 15) is 9.59 Å². The number of rotatable bonds is 8. The summed E-state index contributed by atoms with van der Waals surface area (Å²) >= 11 is 1.56. The first kappa shape index (κ1) is 24.4. The topological polar surface area (TPSA) is 74.8 Å². The molecule has 2 aromatic rings. The van der Waals surface area contributed by atoms with E-state index in [4.69, 9.17) is 4.74 Å². The maximum absolute atomic E-state index is 12.9. The summed E-state index contributed by atoms with van der Waals surface area (Å²) in [6, 6.07) is 8.17. The molecule has 8 heteroatoms. The summed E-state index contributed by atoms with van der Waals surface area (Å²) in [5.74, 6) is 0.380. The maximum atomic E-state index is 12.9. The number of hydrogen-bond donors (Lipinski definition) is 1. The first-order valence-electron chi connectivity index (χ1n) is 13.1. The number of benzene rings is 1. The number of anilines is 2. The van der Waals surface area contributed by atoms with Gasteiger partial charge in [0.1, 0.15) is 0 Å². The Hall–Kier alpha value is -2.29. The van der Waals surface area contributed by atoms with Gasteiger partial charge in [0.15, 0.2) is 5.13 Å². The summed E-state index contributed by atoms with van der Waals surface area (Å²) < 4.78 is 5.54. The third kappa shape index (κ3) is 6.48. The predicted molar refractivity (Wildman–Crippen MR) is 139 cm³/mol. The second-order valence-electron chi connectivity index (χ2n) is 10.1. The van der Waals surface area contributed by atoms with Crippen LogP contribution in [-0.2, 0) is 27.3 Å². The van der Waals surface area contributed by atoms with E-state index in [0.29, 0.717) is 11.7 Å². The first-order valence-corrected chi connectivity index (χ1v) is 13.9. The van der Waals surface area contributed by atoms with E-state index in [1.807, 2.05) is 18.3 Å². The molecular weight excluding hydrogens is 460 g/mol. The Balaban J connectivity index is 1.12. The number of thiazole rings is 1. The Bertz CT molecular complexity index is 994. The number of amides is 2. The van der Waals surface area contributed by atoms with Crippen LogP contribution in [0.3, 0.4) is 0 Å². The van der Waals surface area contributed by atoms with Crippen LogP contribution in [0.4, 0.5) is 10.8 Å². The van der Waals surface area contributed by atoms with Crippen LogP contribution in [0.25, 0.3) is 0 Å². The number of aromatic nitrogens is 1. The molecule has 1 aliphatic carbocycles. The average Bonchev–Trinajstić information content (AvgIpc) is 3.58. The molecule has 1 aromatic carbocycles. The van der Waals surface area contributed by atoms with Gasteiger partial charge in [-0.2, -0.15) is 0 Å². The molecule has 1 atom stereocenters. The summed E-state index contributed by atoms with van der Waals surface area (Å²) in [5, 5.41) is 3.60. The minimum Gasteiger partial charge on any atom is -0.380 e. The second-order valence-corrected chi connectivity index (χ2v) is 11.2. The SMILES string of the molecule is O=C(Nc1ncc(CCC2CCCC2)s1)C1CC(=O)N(c2ccc(CN3CCCOCC3)cc2)C1. The molecule has 1 saturated carbocycles. The molecule has 2 amide bonds. The van der Waals surface area contributed by atoms with E-state index in [1.54, 1.807) is 16.2 Å². The lowest BCUT2D eigenvalue weighted by atomic mass is 10.0. The monoisotopic (exact) mass is 496 g/mol. The fourth-order valence-corrected chi connectivity index (χ4v) is 6.29.